The van der Waals surface area contributed by atoms with E-state index in [1.54, 1.807) is 0 Å². The molecule has 2 aliphatic rings. The maximum Gasteiger partial charge on any atom is 0.229 e. The molecule has 3 heterocycles. The Balaban J connectivity index is 1.50. The average Bonchev–Trinajstić information content (AvgIpc) is 3.00. The maximum atomic E-state index is 12.3. The summed E-state index contributed by atoms with van der Waals surface area (Å²) < 4.78 is 0. The maximum absolute atomic E-state index is 12.3. The molecule has 0 unspecified atom stereocenters. The summed E-state index contributed by atoms with van der Waals surface area (Å²) in [5, 5.41) is 2.38. The molecule has 0 spiro atoms. The minimum Gasteiger partial charge on any atom is -0.354 e. The normalized spacial score (nSPS) is 19.0. The summed E-state index contributed by atoms with van der Waals surface area (Å²) in [6.07, 6.45) is 4.17. The van der Waals surface area contributed by atoms with E-state index in [1.165, 1.54) is 10.8 Å². The van der Waals surface area contributed by atoms with Gasteiger partial charge in [0.25, 0.3) is 0 Å². The minimum absolute atomic E-state index is 0.156. The van der Waals surface area contributed by atoms with Crippen LogP contribution in [0.5, 0.6) is 0 Å². The van der Waals surface area contributed by atoms with Gasteiger partial charge in [-0.15, -0.1) is 0 Å². The topological polar surface area (TPSA) is 36.4 Å². The van der Waals surface area contributed by atoms with Crippen LogP contribution in [-0.2, 0) is 4.79 Å². The SMILES string of the molecule is O=C(C1CN(c2nccc3ccccc23)C1)N1CCCC1. The van der Waals surface area contributed by atoms with Gasteiger partial charge in [0.05, 0.1) is 5.92 Å². The van der Waals surface area contributed by atoms with E-state index in [-0.39, 0.29) is 5.92 Å². The van der Waals surface area contributed by atoms with Crippen LogP contribution in [0.1, 0.15) is 12.8 Å². The van der Waals surface area contributed by atoms with Crippen LogP contribution >= 0.6 is 0 Å². The van der Waals surface area contributed by atoms with Crippen molar-refractivity contribution >= 4 is 22.5 Å². The van der Waals surface area contributed by atoms with E-state index < -0.39 is 0 Å². The number of amides is 1. The number of aromatic nitrogens is 1. The van der Waals surface area contributed by atoms with Crippen LogP contribution in [0.2, 0.25) is 0 Å². The van der Waals surface area contributed by atoms with Crippen molar-refractivity contribution in [3.8, 4) is 0 Å². The highest BCUT2D eigenvalue weighted by atomic mass is 16.2. The van der Waals surface area contributed by atoms with Gasteiger partial charge in [-0.05, 0) is 24.3 Å². The molecule has 0 N–H and O–H groups in total. The van der Waals surface area contributed by atoms with Crippen molar-refractivity contribution in [3.63, 3.8) is 0 Å². The molecular formula is C17H19N3O. The molecule has 0 radical (unpaired) electrons. The molecule has 4 nitrogen and oxygen atoms in total. The Morgan fingerprint density at radius 2 is 1.86 bits per heavy atom. The van der Waals surface area contributed by atoms with E-state index in [4.69, 9.17) is 0 Å². The minimum atomic E-state index is 0.156. The first-order valence-electron chi connectivity index (χ1n) is 7.70. The van der Waals surface area contributed by atoms with Crippen LogP contribution in [0, 0.1) is 5.92 Å². The molecule has 0 atom stereocenters. The molecule has 21 heavy (non-hydrogen) atoms. The lowest BCUT2D eigenvalue weighted by molar-refractivity contribution is -0.135. The largest absolute Gasteiger partial charge is 0.354 e. The van der Waals surface area contributed by atoms with Crippen LogP contribution < -0.4 is 4.90 Å². The number of pyridine rings is 1. The lowest BCUT2D eigenvalue weighted by Gasteiger charge is -2.41. The van der Waals surface area contributed by atoms with Gasteiger partial charge >= 0.3 is 0 Å². The predicted octanol–water partition coefficient (Wildman–Crippen LogP) is 2.29. The molecule has 1 aromatic heterocycles. The van der Waals surface area contributed by atoms with Crippen molar-refractivity contribution in [1.82, 2.24) is 9.88 Å². The standard InChI is InChI=1S/C17H19N3O/c21-17(19-9-3-4-10-19)14-11-20(12-14)16-15-6-2-1-5-13(15)7-8-18-16/h1-2,5-8,14H,3-4,9-12H2. The summed E-state index contributed by atoms with van der Waals surface area (Å²) in [5.41, 5.74) is 0. The molecular weight excluding hydrogens is 262 g/mol. The van der Waals surface area contributed by atoms with Crippen LogP contribution in [0.4, 0.5) is 5.82 Å². The second-order valence-corrected chi connectivity index (χ2v) is 5.99. The second kappa shape index (κ2) is 5.02. The second-order valence-electron chi connectivity index (χ2n) is 5.99. The third-order valence-corrected chi connectivity index (χ3v) is 4.60. The molecule has 2 aliphatic heterocycles. The molecule has 0 saturated carbocycles. The summed E-state index contributed by atoms with van der Waals surface area (Å²) in [6.45, 7) is 3.50. The molecule has 1 amide bonds. The average molecular weight is 281 g/mol. The highest BCUT2D eigenvalue weighted by Gasteiger charge is 2.37. The van der Waals surface area contributed by atoms with Crippen molar-refractivity contribution in [2.24, 2.45) is 5.92 Å². The number of hydrogen-bond donors (Lipinski definition) is 0. The van der Waals surface area contributed by atoms with Crippen molar-refractivity contribution in [3.05, 3.63) is 36.5 Å². The van der Waals surface area contributed by atoms with Gasteiger partial charge in [-0.25, -0.2) is 4.98 Å². The molecule has 2 fully saturated rings. The molecule has 4 rings (SSSR count). The van der Waals surface area contributed by atoms with E-state index >= 15 is 0 Å². The summed E-state index contributed by atoms with van der Waals surface area (Å²) in [4.78, 5) is 21.1. The zero-order valence-corrected chi connectivity index (χ0v) is 12.0. The first-order valence-corrected chi connectivity index (χ1v) is 7.70. The Kier molecular flexibility index (Phi) is 3.02. The van der Waals surface area contributed by atoms with E-state index in [2.05, 4.69) is 22.0 Å². The van der Waals surface area contributed by atoms with Crippen molar-refractivity contribution in [2.45, 2.75) is 12.8 Å². The van der Waals surface area contributed by atoms with Gasteiger partial charge in [-0.3, -0.25) is 4.79 Å². The summed E-state index contributed by atoms with van der Waals surface area (Å²) in [5.74, 6) is 1.51. The number of carbonyl (C=O) groups excluding carboxylic acids is 1. The number of rotatable bonds is 2. The van der Waals surface area contributed by atoms with E-state index in [1.807, 2.05) is 29.3 Å². The van der Waals surface area contributed by atoms with Gasteiger partial charge in [-0.2, -0.15) is 0 Å². The fourth-order valence-electron chi connectivity index (χ4n) is 3.36. The number of carbonyl (C=O) groups is 1. The van der Waals surface area contributed by atoms with Crippen molar-refractivity contribution < 1.29 is 4.79 Å². The lowest BCUT2D eigenvalue weighted by Crippen LogP contribution is -2.54. The molecule has 1 aromatic carbocycles. The fraction of sp³-hybridized carbons (Fsp3) is 0.412. The van der Waals surface area contributed by atoms with Crippen molar-refractivity contribution in [1.29, 1.82) is 0 Å². The molecule has 2 aromatic rings. The monoisotopic (exact) mass is 281 g/mol. The smallest absolute Gasteiger partial charge is 0.229 e. The number of anilines is 1. The number of fused-ring (bicyclic) bond motifs is 1. The molecule has 0 bridgehead atoms. The Labute approximate surface area is 124 Å². The third kappa shape index (κ3) is 2.15. The highest BCUT2D eigenvalue weighted by Crippen LogP contribution is 2.30. The number of hydrogen-bond acceptors (Lipinski definition) is 3. The number of likely N-dealkylation sites (tertiary alicyclic amines) is 1. The zero-order valence-electron chi connectivity index (χ0n) is 12.0. The number of nitrogens with zero attached hydrogens (tertiary/aromatic N) is 3. The Bertz CT molecular complexity index is 667. The predicted molar refractivity (Wildman–Crippen MR) is 83.3 cm³/mol. The molecule has 4 heteroatoms. The van der Waals surface area contributed by atoms with Gasteiger partial charge in [0.2, 0.25) is 5.91 Å². The van der Waals surface area contributed by atoms with E-state index in [0.29, 0.717) is 5.91 Å². The Morgan fingerprint density at radius 3 is 2.67 bits per heavy atom. The van der Waals surface area contributed by atoms with Crippen LogP contribution in [0.15, 0.2) is 36.5 Å². The summed E-state index contributed by atoms with van der Waals surface area (Å²) in [7, 11) is 0. The van der Waals surface area contributed by atoms with Gasteiger partial charge in [0, 0.05) is 37.8 Å². The number of benzene rings is 1. The molecule has 0 aliphatic carbocycles. The van der Waals surface area contributed by atoms with Gasteiger partial charge in [0.15, 0.2) is 0 Å². The lowest BCUT2D eigenvalue weighted by atomic mass is 9.97. The zero-order chi connectivity index (χ0) is 14.2. The Hall–Kier alpha value is -2.10. The summed E-state index contributed by atoms with van der Waals surface area (Å²) >= 11 is 0. The first-order chi connectivity index (χ1) is 10.3. The van der Waals surface area contributed by atoms with E-state index in [9.17, 15) is 4.79 Å². The van der Waals surface area contributed by atoms with Gasteiger partial charge < -0.3 is 9.80 Å². The van der Waals surface area contributed by atoms with Crippen LogP contribution in [0.25, 0.3) is 10.8 Å². The quantitative estimate of drug-likeness (QED) is 0.847. The van der Waals surface area contributed by atoms with Crippen LogP contribution in [-0.4, -0.2) is 42.0 Å². The molecule has 2 saturated heterocycles. The van der Waals surface area contributed by atoms with Gasteiger partial charge in [0.1, 0.15) is 5.82 Å². The first kappa shape index (κ1) is 12.6. The van der Waals surface area contributed by atoms with Crippen molar-refractivity contribution in [2.75, 3.05) is 31.1 Å². The van der Waals surface area contributed by atoms with Crippen LogP contribution in [0.3, 0.4) is 0 Å². The highest BCUT2D eigenvalue weighted by molar-refractivity contribution is 5.93. The fourth-order valence-corrected chi connectivity index (χ4v) is 3.36. The third-order valence-electron chi connectivity index (χ3n) is 4.60. The Morgan fingerprint density at radius 1 is 1.10 bits per heavy atom. The molecule has 108 valence electrons. The van der Waals surface area contributed by atoms with Gasteiger partial charge in [-0.1, -0.05) is 24.3 Å². The summed E-state index contributed by atoms with van der Waals surface area (Å²) in [6, 6.07) is 10.3. The van der Waals surface area contributed by atoms with E-state index in [0.717, 1.165) is 44.8 Å².